The minimum atomic E-state index is -1.08. The molecule has 3 atom stereocenters. The van der Waals surface area contributed by atoms with E-state index in [4.69, 9.17) is 14.2 Å². The number of ketones is 1. The highest BCUT2D eigenvalue weighted by Crippen LogP contribution is 2.41. The van der Waals surface area contributed by atoms with Gasteiger partial charge in [-0.15, -0.1) is 0 Å². The number of esters is 1. The Bertz CT molecular complexity index is 1840. The molecule has 1 aliphatic heterocycles. The zero-order valence-corrected chi connectivity index (χ0v) is 30.8. The molecule has 0 spiro atoms. The van der Waals surface area contributed by atoms with Crippen molar-refractivity contribution in [1.82, 2.24) is 4.90 Å². The molecule has 1 saturated heterocycles. The lowest BCUT2D eigenvalue weighted by Gasteiger charge is -2.35. The summed E-state index contributed by atoms with van der Waals surface area (Å²) in [6, 6.07) is 48.6. The highest BCUT2D eigenvalue weighted by atomic mass is 16.6. The molecule has 0 radical (unpaired) electrons. The first-order valence-corrected chi connectivity index (χ1v) is 19.3. The first-order chi connectivity index (χ1) is 26.6. The van der Waals surface area contributed by atoms with Crippen molar-refractivity contribution in [1.29, 1.82) is 0 Å². The first kappa shape index (κ1) is 37.2. The van der Waals surface area contributed by atoms with E-state index in [2.05, 4.69) is 53.5 Å². The van der Waals surface area contributed by atoms with E-state index in [0.29, 0.717) is 32.7 Å². The molecule has 276 valence electrons. The summed E-state index contributed by atoms with van der Waals surface area (Å²) in [4.78, 5) is 29.5. The smallest absolute Gasteiger partial charge is 0.307 e. The topological polar surface area (TPSA) is 65.1 Å². The summed E-state index contributed by atoms with van der Waals surface area (Å²) in [5.74, 6) is 0.0732. The second kappa shape index (κ2) is 18.3. The summed E-state index contributed by atoms with van der Waals surface area (Å²) < 4.78 is 18.7. The van der Waals surface area contributed by atoms with Crippen LogP contribution in [0, 0.1) is 5.92 Å². The van der Waals surface area contributed by atoms with Crippen LogP contribution in [0.25, 0.3) is 11.1 Å². The normalized spacial score (nSPS) is 19.3. The SMILES string of the molecule is O=C(CC/C=C\CC[C@H]1[C@@H](OCc2ccc(-c3ccccc3)cc2)CC(=O)[C@@H]1N1CCOCC1)OC(c1ccccc1)(c1ccccc1)c1ccccc1. The molecule has 1 aliphatic carbocycles. The predicted octanol–water partition coefficient (Wildman–Crippen LogP) is 9.18. The molecular weight excluding hydrogens is 671 g/mol. The van der Waals surface area contributed by atoms with Gasteiger partial charge < -0.3 is 14.2 Å². The number of nitrogens with zero attached hydrogens (tertiary/aromatic N) is 1. The summed E-state index contributed by atoms with van der Waals surface area (Å²) in [5.41, 5.74) is 5.06. The van der Waals surface area contributed by atoms with Crippen LogP contribution in [0.5, 0.6) is 0 Å². The summed E-state index contributed by atoms with van der Waals surface area (Å²) in [7, 11) is 0. The molecule has 1 heterocycles. The number of carbonyl (C=O) groups excluding carboxylic acids is 2. The number of rotatable bonds is 15. The molecule has 6 heteroatoms. The Morgan fingerprint density at radius 2 is 1.20 bits per heavy atom. The molecule has 0 unspecified atom stereocenters. The van der Waals surface area contributed by atoms with E-state index in [1.54, 1.807) is 0 Å². The molecule has 2 fully saturated rings. The molecule has 54 heavy (non-hydrogen) atoms. The lowest BCUT2D eigenvalue weighted by Crippen LogP contribution is -2.49. The largest absolute Gasteiger partial charge is 0.444 e. The van der Waals surface area contributed by atoms with Crippen molar-refractivity contribution >= 4 is 11.8 Å². The van der Waals surface area contributed by atoms with Gasteiger partial charge in [-0.2, -0.15) is 0 Å². The summed E-state index contributed by atoms with van der Waals surface area (Å²) >= 11 is 0. The molecule has 0 bridgehead atoms. The van der Waals surface area contributed by atoms with Crippen molar-refractivity contribution < 1.29 is 23.8 Å². The number of morpholine rings is 1. The van der Waals surface area contributed by atoms with E-state index in [-0.39, 0.29) is 36.2 Å². The number of hydrogen-bond donors (Lipinski definition) is 0. The Morgan fingerprint density at radius 1 is 0.685 bits per heavy atom. The van der Waals surface area contributed by atoms with Gasteiger partial charge in [0.25, 0.3) is 0 Å². The zero-order valence-electron chi connectivity index (χ0n) is 30.8. The van der Waals surface area contributed by atoms with Crippen molar-refractivity contribution in [2.24, 2.45) is 5.92 Å². The van der Waals surface area contributed by atoms with Crippen LogP contribution in [0.3, 0.4) is 0 Å². The van der Waals surface area contributed by atoms with E-state index in [1.807, 2.05) is 109 Å². The Morgan fingerprint density at radius 3 is 1.78 bits per heavy atom. The van der Waals surface area contributed by atoms with Crippen molar-refractivity contribution in [3.8, 4) is 11.1 Å². The summed E-state index contributed by atoms with van der Waals surface area (Å²) in [6.45, 7) is 3.27. The molecule has 7 rings (SSSR count). The van der Waals surface area contributed by atoms with Gasteiger partial charge in [0, 0.05) is 48.5 Å². The minimum absolute atomic E-state index is 0.0806. The van der Waals surface area contributed by atoms with E-state index in [9.17, 15) is 9.59 Å². The average molecular weight is 720 g/mol. The van der Waals surface area contributed by atoms with E-state index < -0.39 is 5.60 Å². The van der Waals surface area contributed by atoms with E-state index >= 15 is 0 Å². The highest BCUT2D eigenvalue weighted by molar-refractivity contribution is 5.87. The number of benzene rings is 5. The summed E-state index contributed by atoms with van der Waals surface area (Å²) in [5, 5.41) is 0. The van der Waals surface area contributed by atoms with Crippen LogP contribution in [0.15, 0.2) is 158 Å². The number of allylic oxidation sites excluding steroid dienone is 2. The quantitative estimate of drug-likeness (QED) is 0.0611. The lowest BCUT2D eigenvalue weighted by molar-refractivity contribution is -0.153. The van der Waals surface area contributed by atoms with Gasteiger partial charge in [0.15, 0.2) is 11.4 Å². The van der Waals surface area contributed by atoms with Crippen LogP contribution < -0.4 is 0 Å². The molecule has 2 aliphatic rings. The third-order valence-corrected chi connectivity index (χ3v) is 10.7. The fraction of sp³-hybridized carbons (Fsp3) is 0.292. The number of Topliss-reactive ketones (excluding diaryl/α,β-unsaturated/α-hetero) is 1. The van der Waals surface area contributed by atoms with Gasteiger partial charge in [-0.1, -0.05) is 158 Å². The van der Waals surface area contributed by atoms with E-state index in [1.165, 1.54) is 11.1 Å². The first-order valence-electron chi connectivity index (χ1n) is 19.3. The number of hydrogen-bond acceptors (Lipinski definition) is 6. The molecule has 5 aromatic rings. The van der Waals surface area contributed by atoms with E-state index in [0.717, 1.165) is 48.2 Å². The van der Waals surface area contributed by atoms with Crippen molar-refractivity contribution in [3.05, 3.63) is 180 Å². The molecule has 0 aromatic heterocycles. The van der Waals surface area contributed by atoms with Crippen LogP contribution >= 0.6 is 0 Å². The average Bonchev–Trinajstić information content (AvgIpc) is 3.56. The molecule has 1 saturated carbocycles. The third-order valence-electron chi connectivity index (χ3n) is 10.7. The van der Waals surface area contributed by atoms with Crippen molar-refractivity contribution in [2.45, 2.75) is 56.5 Å². The zero-order chi connectivity index (χ0) is 37.0. The van der Waals surface area contributed by atoms with Gasteiger partial charge in [0.1, 0.15) is 0 Å². The molecule has 0 amide bonds. The number of carbonyl (C=O) groups is 2. The Labute approximate surface area is 319 Å². The maximum Gasteiger partial charge on any atom is 0.307 e. The Kier molecular flexibility index (Phi) is 12.6. The predicted molar refractivity (Wildman–Crippen MR) is 213 cm³/mol. The third kappa shape index (κ3) is 8.79. The van der Waals surface area contributed by atoms with Crippen LogP contribution in [-0.2, 0) is 36.0 Å². The second-order valence-corrected chi connectivity index (χ2v) is 14.2. The Hall–Kier alpha value is -5.14. The molecular formula is C48H49NO5. The standard InChI is InChI=1S/C48H49NO5/c50-44-35-45(53-36-37-27-29-39(30-28-37)38-17-7-3-8-18-38)43(47(44)49-31-33-52-34-32-49)25-15-1-2-16-26-46(51)54-48(40-19-9-4-10-20-40,41-21-11-5-12-22-41)42-23-13-6-14-24-42/h1-14,17-24,27-30,43,45,47H,15-16,25-26,31-36H2/b2-1-/t43-,45-,47+/m0/s1. The number of ether oxygens (including phenoxy) is 3. The van der Waals surface area contributed by atoms with Gasteiger partial charge in [-0.25, -0.2) is 0 Å². The van der Waals surface area contributed by atoms with Crippen LogP contribution in [0.1, 0.15) is 54.4 Å². The van der Waals surface area contributed by atoms with Crippen molar-refractivity contribution in [2.75, 3.05) is 26.3 Å². The second-order valence-electron chi connectivity index (χ2n) is 14.2. The fourth-order valence-electron chi connectivity index (χ4n) is 8.04. The van der Waals surface area contributed by atoms with Crippen LogP contribution in [0.4, 0.5) is 0 Å². The monoisotopic (exact) mass is 719 g/mol. The summed E-state index contributed by atoms with van der Waals surface area (Å²) in [6.07, 6.45) is 6.92. The van der Waals surface area contributed by atoms with Crippen LogP contribution in [-0.4, -0.2) is 55.1 Å². The van der Waals surface area contributed by atoms with Gasteiger partial charge in [-0.3, -0.25) is 14.5 Å². The van der Waals surface area contributed by atoms with Gasteiger partial charge in [0.05, 0.1) is 32.0 Å². The molecule has 6 nitrogen and oxygen atoms in total. The van der Waals surface area contributed by atoms with Crippen LogP contribution in [0.2, 0.25) is 0 Å². The minimum Gasteiger partial charge on any atom is -0.444 e. The highest BCUT2D eigenvalue weighted by Gasteiger charge is 2.46. The molecule has 0 N–H and O–H groups in total. The maximum absolute atomic E-state index is 13.7. The van der Waals surface area contributed by atoms with Gasteiger partial charge in [0.2, 0.25) is 0 Å². The van der Waals surface area contributed by atoms with Gasteiger partial charge >= 0.3 is 5.97 Å². The Balaban J connectivity index is 0.988. The fourth-order valence-corrected chi connectivity index (χ4v) is 8.04. The maximum atomic E-state index is 13.7. The van der Waals surface area contributed by atoms with Crippen molar-refractivity contribution in [3.63, 3.8) is 0 Å². The van der Waals surface area contributed by atoms with Gasteiger partial charge in [-0.05, 0) is 36.0 Å². The molecule has 5 aromatic carbocycles. The lowest BCUT2D eigenvalue weighted by atomic mass is 9.80.